The van der Waals surface area contributed by atoms with Gasteiger partial charge in [-0.1, -0.05) is 19.3 Å². The van der Waals surface area contributed by atoms with Crippen molar-refractivity contribution in [2.24, 2.45) is 11.5 Å². The van der Waals surface area contributed by atoms with E-state index in [1.54, 1.807) is 6.92 Å². The molecule has 1 aliphatic rings. The molecule has 7 N–H and O–H groups in total. The molecular weight excluding hydrogens is 354 g/mol. The minimum atomic E-state index is -0.885. The fourth-order valence-electron chi connectivity index (χ4n) is 2.91. The molecule has 140 valence electrons. The number of rotatable bonds is 7. The summed E-state index contributed by atoms with van der Waals surface area (Å²) in [5.74, 6) is -0.824. The molecule has 0 unspecified atom stereocenters. The number of nitrogens with two attached hydrogens (primary N) is 2. The van der Waals surface area contributed by atoms with E-state index in [9.17, 15) is 9.59 Å². The van der Waals surface area contributed by atoms with Gasteiger partial charge < -0.3 is 27.5 Å². The fourth-order valence-corrected chi connectivity index (χ4v) is 3.21. The summed E-state index contributed by atoms with van der Waals surface area (Å²) in [6.45, 7) is 1.58. The van der Waals surface area contributed by atoms with Crippen LogP contribution in [0.3, 0.4) is 0 Å². The highest BCUT2D eigenvalue weighted by molar-refractivity contribution is 7.84. The van der Waals surface area contributed by atoms with Gasteiger partial charge >= 0.3 is 0 Å². The second kappa shape index (κ2) is 8.17. The third kappa shape index (κ3) is 4.72. The first-order chi connectivity index (χ1) is 12.2. The average Bonchev–Trinajstić information content (AvgIpc) is 2.54. The van der Waals surface area contributed by atoms with Crippen molar-refractivity contribution in [2.75, 3.05) is 10.6 Å². The predicted molar refractivity (Wildman–Crippen MR) is 103 cm³/mol. The lowest BCUT2D eigenvalue weighted by Gasteiger charge is -2.35. The van der Waals surface area contributed by atoms with Crippen LogP contribution in [0.25, 0.3) is 0 Å². The summed E-state index contributed by atoms with van der Waals surface area (Å²) < 4.78 is 0. The van der Waals surface area contributed by atoms with Gasteiger partial charge in [-0.05, 0) is 25.8 Å². The van der Waals surface area contributed by atoms with Gasteiger partial charge in [0.15, 0.2) is 11.5 Å². The first-order valence-electron chi connectivity index (χ1n) is 8.21. The second-order valence-electron chi connectivity index (χ2n) is 6.29. The highest BCUT2D eigenvalue weighted by Crippen LogP contribution is 2.31. The number of amides is 2. The summed E-state index contributed by atoms with van der Waals surface area (Å²) in [4.78, 5) is 32.0. The number of thiol groups is 1. The molecule has 1 saturated carbocycles. The van der Waals surface area contributed by atoms with E-state index in [2.05, 4.69) is 33.2 Å². The van der Waals surface area contributed by atoms with Gasteiger partial charge in [-0.25, -0.2) is 9.97 Å². The van der Waals surface area contributed by atoms with Crippen molar-refractivity contribution in [3.05, 3.63) is 23.0 Å². The van der Waals surface area contributed by atoms with Gasteiger partial charge in [0.05, 0.1) is 11.2 Å². The molecule has 0 atom stereocenters. The molecule has 1 heterocycles. The van der Waals surface area contributed by atoms with Gasteiger partial charge in [0, 0.05) is 5.71 Å². The zero-order chi connectivity index (χ0) is 19.3. The highest BCUT2D eigenvalue weighted by atomic mass is 32.1. The van der Waals surface area contributed by atoms with Crippen molar-refractivity contribution in [1.82, 2.24) is 9.97 Å². The van der Waals surface area contributed by atoms with Crippen LogP contribution in [0.5, 0.6) is 0 Å². The van der Waals surface area contributed by atoms with E-state index in [1.807, 2.05) is 0 Å². The molecule has 1 aromatic heterocycles. The first-order valence-corrected chi connectivity index (χ1v) is 8.66. The van der Waals surface area contributed by atoms with Crippen molar-refractivity contribution in [3.63, 3.8) is 0 Å². The molecule has 10 heteroatoms. The van der Waals surface area contributed by atoms with Crippen LogP contribution in [-0.2, 0) is 4.79 Å². The Balaban J connectivity index is 2.35. The highest BCUT2D eigenvalue weighted by Gasteiger charge is 2.38. The predicted octanol–water partition coefficient (Wildman–Crippen LogP) is 1.40. The van der Waals surface area contributed by atoms with Crippen LogP contribution in [0.1, 0.15) is 49.5 Å². The third-order valence-corrected chi connectivity index (χ3v) is 4.39. The Labute approximate surface area is 156 Å². The van der Waals surface area contributed by atoms with Gasteiger partial charge in [-0.15, -0.1) is 12.6 Å². The van der Waals surface area contributed by atoms with Crippen LogP contribution in [0.4, 0.5) is 11.6 Å². The van der Waals surface area contributed by atoms with Crippen molar-refractivity contribution in [2.45, 2.75) is 44.6 Å². The van der Waals surface area contributed by atoms with Gasteiger partial charge in [0.25, 0.3) is 5.91 Å². The number of hydrogen-bond donors (Lipinski definition) is 6. The van der Waals surface area contributed by atoms with Gasteiger partial charge in [-0.3, -0.25) is 9.59 Å². The molecule has 0 bridgehead atoms. The van der Waals surface area contributed by atoms with Crippen molar-refractivity contribution in [3.8, 4) is 0 Å². The van der Waals surface area contributed by atoms with E-state index >= 15 is 0 Å². The van der Waals surface area contributed by atoms with Gasteiger partial charge in [0.1, 0.15) is 11.4 Å². The number of allylic oxidation sites excluding steroid dienone is 1. The van der Waals surface area contributed by atoms with Gasteiger partial charge in [0.2, 0.25) is 5.91 Å². The maximum Gasteiger partial charge on any atom is 0.271 e. The maximum atomic E-state index is 12.0. The molecule has 2 amide bonds. The lowest BCUT2D eigenvalue weighted by atomic mass is 9.81. The number of nitrogens with zero attached hydrogens (tertiary/aromatic N) is 2. The minimum absolute atomic E-state index is 0.0742. The quantitative estimate of drug-likeness (QED) is 0.311. The van der Waals surface area contributed by atoms with E-state index in [-0.39, 0.29) is 17.2 Å². The van der Waals surface area contributed by atoms with Crippen LogP contribution < -0.4 is 22.1 Å². The standard InChI is InChI=1S/C16H23N7O2S/c1-9(17)7-11(26)22-14-12(13(18)24)20-8-10(21-14)23-16(15(19)25)5-3-2-4-6-16/h7-8,17,26H,2-6H2,1H3,(H2,18,24)(H2,19,25)(H2,21,22,23)/b11-7-,17-9?. The summed E-state index contributed by atoms with van der Waals surface area (Å²) >= 11 is 4.21. The lowest BCUT2D eigenvalue weighted by molar-refractivity contribution is -0.123. The third-order valence-electron chi connectivity index (χ3n) is 4.15. The molecule has 1 aromatic rings. The average molecular weight is 377 g/mol. The molecule has 0 aromatic carbocycles. The van der Waals surface area contributed by atoms with Gasteiger partial charge in [-0.2, -0.15) is 0 Å². The number of anilines is 2. The van der Waals surface area contributed by atoms with Crippen LogP contribution in [0.2, 0.25) is 0 Å². The molecule has 1 aliphatic carbocycles. The van der Waals surface area contributed by atoms with E-state index in [0.717, 1.165) is 19.3 Å². The monoisotopic (exact) mass is 377 g/mol. The number of primary amides is 2. The zero-order valence-electron chi connectivity index (χ0n) is 14.5. The fraction of sp³-hybridized carbons (Fsp3) is 0.438. The Bertz CT molecular complexity index is 757. The number of hydrogen-bond acceptors (Lipinski definition) is 8. The minimum Gasteiger partial charge on any atom is -0.368 e. The molecule has 2 rings (SSSR count). The smallest absolute Gasteiger partial charge is 0.271 e. The second-order valence-corrected chi connectivity index (χ2v) is 6.77. The van der Waals surface area contributed by atoms with Crippen molar-refractivity contribution >= 4 is 41.8 Å². The summed E-state index contributed by atoms with van der Waals surface area (Å²) in [5, 5.41) is 13.6. The maximum absolute atomic E-state index is 12.0. The normalized spacial score (nSPS) is 16.6. The molecule has 9 nitrogen and oxygen atoms in total. The number of nitrogens with one attached hydrogen (secondary N) is 3. The zero-order valence-corrected chi connectivity index (χ0v) is 15.4. The molecule has 0 saturated heterocycles. The van der Waals surface area contributed by atoms with E-state index in [0.29, 0.717) is 23.7 Å². The van der Waals surface area contributed by atoms with Crippen LogP contribution in [-0.4, -0.2) is 33.0 Å². The van der Waals surface area contributed by atoms with Crippen LogP contribution in [0, 0.1) is 5.41 Å². The molecule has 0 aliphatic heterocycles. The summed E-state index contributed by atoms with van der Waals surface area (Å²) in [7, 11) is 0. The number of carbonyl (C=O) groups excluding carboxylic acids is 2. The number of carbonyl (C=O) groups is 2. The molecule has 0 radical (unpaired) electrons. The van der Waals surface area contributed by atoms with Crippen molar-refractivity contribution in [1.29, 1.82) is 5.41 Å². The summed E-state index contributed by atoms with van der Waals surface area (Å²) in [5.41, 5.74) is 10.3. The molecule has 26 heavy (non-hydrogen) atoms. The van der Waals surface area contributed by atoms with E-state index in [4.69, 9.17) is 16.9 Å². The van der Waals surface area contributed by atoms with E-state index in [1.165, 1.54) is 12.3 Å². The molecule has 0 spiro atoms. The Morgan fingerprint density at radius 3 is 2.50 bits per heavy atom. The largest absolute Gasteiger partial charge is 0.368 e. The van der Waals surface area contributed by atoms with Crippen LogP contribution in [0.15, 0.2) is 17.3 Å². The van der Waals surface area contributed by atoms with Crippen LogP contribution >= 0.6 is 12.6 Å². The SMILES string of the molecule is CC(=N)/C=C(\S)Nc1nc(NC2(C(N)=O)CCCCC2)cnc1C(N)=O. The topological polar surface area (TPSA) is 160 Å². The number of aromatic nitrogens is 2. The Hall–Kier alpha value is -2.62. The Kier molecular flexibility index (Phi) is 6.19. The summed E-state index contributed by atoms with van der Waals surface area (Å²) in [6.07, 6.45) is 6.82. The van der Waals surface area contributed by atoms with Crippen molar-refractivity contribution < 1.29 is 9.59 Å². The summed E-state index contributed by atoms with van der Waals surface area (Å²) in [6, 6.07) is 0. The Morgan fingerprint density at radius 2 is 1.96 bits per heavy atom. The first kappa shape index (κ1) is 19.7. The lowest BCUT2D eigenvalue weighted by Crippen LogP contribution is -2.52. The Morgan fingerprint density at radius 1 is 1.31 bits per heavy atom. The molecule has 1 fully saturated rings. The molecular formula is C16H23N7O2S. The van der Waals surface area contributed by atoms with E-state index < -0.39 is 17.4 Å².